The summed E-state index contributed by atoms with van der Waals surface area (Å²) < 4.78 is 41.6. The van der Waals surface area contributed by atoms with Crippen molar-refractivity contribution in [2.24, 2.45) is 0 Å². The van der Waals surface area contributed by atoms with Gasteiger partial charge in [0.25, 0.3) is 0 Å². The minimum absolute atomic E-state index is 0.165. The zero-order valence-corrected chi connectivity index (χ0v) is 9.60. The number of pyridine rings is 1. The standard InChI is InChI=1S/C10H9ClF3NO2/c1-2-3-17-9(16)8-7(11)4-6(5-15-8)10(12,13)14/h4-5H,2-3H2,1H3. The molecule has 17 heavy (non-hydrogen) atoms. The molecule has 0 N–H and O–H groups in total. The van der Waals surface area contributed by atoms with Crippen molar-refractivity contribution in [1.82, 2.24) is 4.98 Å². The smallest absolute Gasteiger partial charge is 0.417 e. The average molecular weight is 268 g/mol. The molecule has 0 saturated carbocycles. The molecule has 0 radical (unpaired) electrons. The van der Waals surface area contributed by atoms with E-state index in [1.54, 1.807) is 6.92 Å². The van der Waals surface area contributed by atoms with Crippen LogP contribution in [0, 0.1) is 0 Å². The highest BCUT2D eigenvalue weighted by Gasteiger charge is 2.32. The van der Waals surface area contributed by atoms with Crippen molar-refractivity contribution in [3.63, 3.8) is 0 Å². The highest BCUT2D eigenvalue weighted by atomic mass is 35.5. The van der Waals surface area contributed by atoms with Crippen molar-refractivity contribution >= 4 is 17.6 Å². The van der Waals surface area contributed by atoms with Crippen LogP contribution in [-0.2, 0) is 10.9 Å². The zero-order valence-electron chi connectivity index (χ0n) is 8.84. The Bertz CT molecular complexity index is 421. The third kappa shape index (κ3) is 3.59. The van der Waals surface area contributed by atoms with E-state index in [0.29, 0.717) is 18.7 Å². The SMILES string of the molecule is CCCOC(=O)c1ncc(C(F)(F)F)cc1Cl. The van der Waals surface area contributed by atoms with Crippen LogP contribution in [-0.4, -0.2) is 17.6 Å². The lowest BCUT2D eigenvalue weighted by Crippen LogP contribution is -2.12. The maximum atomic E-state index is 12.3. The highest BCUT2D eigenvalue weighted by Crippen LogP contribution is 2.31. The molecule has 3 nitrogen and oxygen atoms in total. The van der Waals surface area contributed by atoms with Gasteiger partial charge in [0.05, 0.1) is 17.2 Å². The molecule has 0 fully saturated rings. The molecular formula is C10H9ClF3NO2. The van der Waals surface area contributed by atoms with Gasteiger partial charge in [-0.3, -0.25) is 0 Å². The van der Waals surface area contributed by atoms with Crippen LogP contribution >= 0.6 is 11.6 Å². The number of alkyl halides is 3. The Morgan fingerprint density at radius 3 is 2.65 bits per heavy atom. The predicted octanol–water partition coefficient (Wildman–Crippen LogP) is 3.32. The monoisotopic (exact) mass is 267 g/mol. The first-order valence-electron chi connectivity index (χ1n) is 4.76. The van der Waals surface area contributed by atoms with Gasteiger partial charge in [-0.1, -0.05) is 18.5 Å². The Labute approximate surface area is 101 Å². The van der Waals surface area contributed by atoms with Crippen LogP contribution in [0.15, 0.2) is 12.3 Å². The summed E-state index contributed by atoms with van der Waals surface area (Å²) in [5.74, 6) is -0.828. The molecule has 0 aliphatic rings. The summed E-state index contributed by atoms with van der Waals surface area (Å²) in [6.45, 7) is 1.95. The molecule has 1 rings (SSSR count). The van der Waals surface area contributed by atoms with Gasteiger partial charge < -0.3 is 4.74 Å². The number of ether oxygens (including phenoxy) is 1. The second-order valence-corrected chi connectivity index (χ2v) is 3.60. The largest absolute Gasteiger partial charge is 0.461 e. The summed E-state index contributed by atoms with van der Waals surface area (Å²) in [5.41, 5.74) is -1.32. The highest BCUT2D eigenvalue weighted by molar-refractivity contribution is 6.33. The molecule has 0 atom stereocenters. The number of nitrogens with zero attached hydrogens (tertiary/aromatic N) is 1. The third-order valence-corrected chi connectivity index (χ3v) is 2.09. The second kappa shape index (κ2) is 5.35. The first kappa shape index (κ1) is 13.8. The van der Waals surface area contributed by atoms with E-state index >= 15 is 0 Å². The molecule has 0 aliphatic heterocycles. The topological polar surface area (TPSA) is 39.2 Å². The maximum absolute atomic E-state index is 12.3. The van der Waals surface area contributed by atoms with Gasteiger partial charge in [-0.2, -0.15) is 13.2 Å². The molecule has 0 saturated heterocycles. The lowest BCUT2D eigenvalue weighted by atomic mass is 10.2. The number of carbonyl (C=O) groups excluding carboxylic acids is 1. The van der Waals surface area contributed by atoms with Gasteiger partial charge >= 0.3 is 12.1 Å². The van der Waals surface area contributed by atoms with Crippen molar-refractivity contribution in [2.45, 2.75) is 19.5 Å². The predicted molar refractivity (Wildman–Crippen MR) is 54.8 cm³/mol. The zero-order chi connectivity index (χ0) is 13.1. The van der Waals surface area contributed by atoms with Gasteiger partial charge in [-0.15, -0.1) is 0 Å². The minimum Gasteiger partial charge on any atom is -0.461 e. The van der Waals surface area contributed by atoms with Gasteiger partial charge in [-0.05, 0) is 12.5 Å². The van der Waals surface area contributed by atoms with Gasteiger partial charge in [-0.25, -0.2) is 9.78 Å². The van der Waals surface area contributed by atoms with E-state index in [1.807, 2.05) is 0 Å². The Morgan fingerprint density at radius 2 is 2.18 bits per heavy atom. The summed E-state index contributed by atoms with van der Waals surface area (Å²) in [5, 5.41) is -0.374. The molecule has 0 unspecified atom stereocenters. The first-order chi connectivity index (χ1) is 7.86. The van der Waals surface area contributed by atoms with Crippen LogP contribution in [0.25, 0.3) is 0 Å². The number of carbonyl (C=O) groups is 1. The summed E-state index contributed by atoms with van der Waals surface area (Å²) in [4.78, 5) is 14.7. The van der Waals surface area contributed by atoms with E-state index in [0.717, 1.165) is 0 Å². The Balaban J connectivity index is 2.94. The van der Waals surface area contributed by atoms with E-state index < -0.39 is 17.7 Å². The fraction of sp³-hybridized carbons (Fsp3) is 0.400. The lowest BCUT2D eigenvalue weighted by Gasteiger charge is -2.08. The first-order valence-corrected chi connectivity index (χ1v) is 5.14. The van der Waals surface area contributed by atoms with Crippen LogP contribution in [0.4, 0.5) is 13.2 Å². The van der Waals surface area contributed by atoms with Crippen molar-refractivity contribution in [3.8, 4) is 0 Å². The fourth-order valence-corrected chi connectivity index (χ4v) is 1.25. The summed E-state index contributed by atoms with van der Waals surface area (Å²) >= 11 is 5.55. The molecule has 0 aliphatic carbocycles. The van der Waals surface area contributed by atoms with Crippen molar-refractivity contribution < 1.29 is 22.7 Å². The van der Waals surface area contributed by atoms with Gasteiger partial charge in [0, 0.05) is 6.20 Å². The van der Waals surface area contributed by atoms with Crippen molar-refractivity contribution in [1.29, 1.82) is 0 Å². The van der Waals surface area contributed by atoms with Crippen LogP contribution in [0.3, 0.4) is 0 Å². The summed E-state index contributed by atoms with van der Waals surface area (Å²) in [6.07, 6.45) is -3.39. The van der Waals surface area contributed by atoms with Gasteiger partial charge in [0.15, 0.2) is 5.69 Å². The second-order valence-electron chi connectivity index (χ2n) is 3.19. The normalized spacial score (nSPS) is 11.4. The Morgan fingerprint density at radius 1 is 1.53 bits per heavy atom. The van der Waals surface area contributed by atoms with E-state index in [9.17, 15) is 18.0 Å². The fourth-order valence-electron chi connectivity index (χ4n) is 1.01. The van der Waals surface area contributed by atoms with E-state index in [1.165, 1.54) is 0 Å². The summed E-state index contributed by atoms with van der Waals surface area (Å²) in [7, 11) is 0. The molecule has 1 aromatic rings. The maximum Gasteiger partial charge on any atom is 0.417 e. The van der Waals surface area contributed by atoms with Crippen LogP contribution in [0.2, 0.25) is 5.02 Å². The molecule has 0 spiro atoms. The molecule has 1 aromatic heterocycles. The number of hydrogen-bond acceptors (Lipinski definition) is 3. The number of aromatic nitrogens is 1. The minimum atomic E-state index is -4.54. The van der Waals surface area contributed by atoms with Crippen LogP contribution < -0.4 is 0 Å². The van der Waals surface area contributed by atoms with Gasteiger partial charge in [0.2, 0.25) is 0 Å². The van der Waals surface area contributed by atoms with E-state index in [4.69, 9.17) is 16.3 Å². The lowest BCUT2D eigenvalue weighted by molar-refractivity contribution is -0.137. The Hall–Kier alpha value is -1.30. The van der Waals surface area contributed by atoms with Crippen LogP contribution in [0.5, 0.6) is 0 Å². The van der Waals surface area contributed by atoms with Crippen LogP contribution in [0.1, 0.15) is 29.4 Å². The molecular weight excluding hydrogens is 259 g/mol. The summed E-state index contributed by atoms with van der Waals surface area (Å²) in [6, 6.07) is 0.650. The molecule has 1 heterocycles. The van der Waals surface area contributed by atoms with E-state index in [2.05, 4.69) is 4.98 Å². The number of esters is 1. The molecule has 0 amide bonds. The van der Waals surface area contributed by atoms with Crippen molar-refractivity contribution in [2.75, 3.05) is 6.61 Å². The number of halogens is 4. The molecule has 94 valence electrons. The number of hydrogen-bond donors (Lipinski definition) is 0. The third-order valence-electron chi connectivity index (χ3n) is 1.80. The van der Waals surface area contributed by atoms with Gasteiger partial charge in [0.1, 0.15) is 0 Å². The van der Waals surface area contributed by atoms with E-state index in [-0.39, 0.29) is 17.3 Å². The molecule has 0 bridgehead atoms. The van der Waals surface area contributed by atoms with Crippen molar-refractivity contribution in [3.05, 3.63) is 28.5 Å². The Kier molecular flexibility index (Phi) is 4.34. The quantitative estimate of drug-likeness (QED) is 0.789. The molecule has 7 heteroatoms. The number of rotatable bonds is 3. The average Bonchev–Trinajstić information content (AvgIpc) is 2.24. The molecule has 0 aromatic carbocycles.